The minimum Gasteiger partial charge on any atom is -0.409 e. The molecule has 3 N–H and O–H groups in total. The first-order valence-corrected chi connectivity index (χ1v) is 6.98. The number of hydrogen-bond acceptors (Lipinski definition) is 3. The summed E-state index contributed by atoms with van der Waals surface area (Å²) in [6, 6.07) is 7.21. The molecule has 1 unspecified atom stereocenters. The third kappa shape index (κ3) is 3.29. The molecule has 1 atom stereocenters. The van der Waals surface area contributed by atoms with E-state index in [1.165, 1.54) is 0 Å². The van der Waals surface area contributed by atoms with Gasteiger partial charge in [-0.15, -0.1) is 0 Å². The summed E-state index contributed by atoms with van der Waals surface area (Å²) in [5, 5.41) is 11.5. The molecule has 20 heavy (non-hydrogen) atoms. The van der Waals surface area contributed by atoms with Gasteiger partial charge in [-0.25, -0.2) is 0 Å². The molecule has 1 amide bonds. The highest BCUT2D eigenvalue weighted by Gasteiger charge is 2.24. The Balaban J connectivity index is 1.95. The molecule has 1 fully saturated rings. The Morgan fingerprint density at radius 3 is 2.70 bits per heavy atom. The van der Waals surface area contributed by atoms with E-state index in [9.17, 15) is 4.79 Å². The second-order valence-electron chi connectivity index (χ2n) is 5.26. The van der Waals surface area contributed by atoms with Crippen LogP contribution in [0.15, 0.2) is 29.4 Å². The number of rotatable bonds is 4. The summed E-state index contributed by atoms with van der Waals surface area (Å²) in [7, 11) is 0. The molecule has 5 nitrogen and oxygen atoms in total. The molecule has 0 aliphatic carbocycles. The molecule has 0 radical (unpaired) electrons. The molecule has 2 rings (SSSR count). The van der Waals surface area contributed by atoms with Gasteiger partial charge in [0.15, 0.2) is 5.84 Å². The number of oxime groups is 1. The van der Waals surface area contributed by atoms with Gasteiger partial charge in [-0.2, -0.15) is 0 Å². The van der Waals surface area contributed by atoms with E-state index < -0.39 is 0 Å². The Hall–Kier alpha value is -2.04. The number of carbonyl (C=O) groups excluding carboxylic acids is 1. The van der Waals surface area contributed by atoms with Crippen molar-refractivity contribution in [2.45, 2.75) is 26.2 Å². The van der Waals surface area contributed by atoms with Gasteiger partial charge in [-0.1, -0.05) is 42.8 Å². The van der Waals surface area contributed by atoms with Crippen molar-refractivity contribution in [1.29, 1.82) is 0 Å². The maximum atomic E-state index is 12.2. The number of nitrogens with zero attached hydrogens (tertiary/aromatic N) is 2. The number of benzene rings is 1. The van der Waals surface area contributed by atoms with E-state index in [0.717, 1.165) is 31.5 Å². The van der Waals surface area contributed by atoms with Gasteiger partial charge in [0.1, 0.15) is 0 Å². The molecule has 1 aliphatic heterocycles. The Kier molecular flexibility index (Phi) is 4.61. The van der Waals surface area contributed by atoms with Crippen LogP contribution in [-0.4, -0.2) is 34.9 Å². The van der Waals surface area contributed by atoms with Gasteiger partial charge in [-0.3, -0.25) is 4.79 Å². The van der Waals surface area contributed by atoms with Crippen molar-refractivity contribution in [3.05, 3.63) is 35.4 Å². The lowest BCUT2D eigenvalue weighted by molar-refractivity contribution is -0.129. The van der Waals surface area contributed by atoms with Gasteiger partial charge in [0.05, 0.1) is 6.42 Å². The van der Waals surface area contributed by atoms with Crippen molar-refractivity contribution in [2.75, 3.05) is 13.1 Å². The third-order valence-corrected chi connectivity index (χ3v) is 3.93. The van der Waals surface area contributed by atoms with E-state index in [1.807, 2.05) is 17.0 Å². The van der Waals surface area contributed by atoms with Crippen molar-refractivity contribution in [3.63, 3.8) is 0 Å². The number of amides is 1. The first-order valence-electron chi connectivity index (χ1n) is 6.98. The predicted molar refractivity (Wildman–Crippen MR) is 77.6 cm³/mol. The van der Waals surface area contributed by atoms with Crippen molar-refractivity contribution in [2.24, 2.45) is 16.8 Å². The maximum absolute atomic E-state index is 12.2. The van der Waals surface area contributed by atoms with E-state index in [-0.39, 0.29) is 11.7 Å². The van der Waals surface area contributed by atoms with Crippen LogP contribution >= 0.6 is 0 Å². The quantitative estimate of drug-likeness (QED) is 0.379. The Morgan fingerprint density at radius 2 is 2.15 bits per heavy atom. The van der Waals surface area contributed by atoms with E-state index in [1.54, 1.807) is 12.1 Å². The first kappa shape index (κ1) is 14.4. The topological polar surface area (TPSA) is 78.9 Å². The molecular weight excluding hydrogens is 254 g/mol. The summed E-state index contributed by atoms with van der Waals surface area (Å²) in [6.45, 7) is 3.93. The van der Waals surface area contributed by atoms with Crippen LogP contribution < -0.4 is 5.73 Å². The molecule has 1 aromatic rings. The second kappa shape index (κ2) is 6.41. The average Bonchev–Trinajstić information content (AvgIpc) is 2.96. The van der Waals surface area contributed by atoms with Gasteiger partial charge in [0, 0.05) is 18.7 Å². The zero-order valence-electron chi connectivity index (χ0n) is 11.7. The number of hydrogen-bond donors (Lipinski definition) is 2. The van der Waals surface area contributed by atoms with Crippen LogP contribution in [-0.2, 0) is 11.2 Å². The van der Waals surface area contributed by atoms with E-state index >= 15 is 0 Å². The number of likely N-dealkylation sites (tertiary alicyclic amines) is 1. The van der Waals surface area contributed by atoms with E-state index in [0.29, 0.717) is 17.9 Å². The highest BCUT2D eigenvalue weighted by Crippen LogP contribution is 2.20. The van der Waals surface area contributed by atoms with Gasteiger partial charge < -0.3 is 15.8 Å². The van der Waals surface area contributed by atoms with Crippen LogP contribution in [0.4, 0.5) is 0 Å². The van der Waals surface area contributed by atoms with Crippen molar-refractivity contribution in [3.8, 4) is 0 Å². The molecule has 1 heterocycles. The lowest BCUT2D eigenvalue weighted by Crippen LogP contribution is -2.30. The maximum Gasteiger partial charge on any atom is 0.226 e. The largest absolute Gasteiger partial charge is 0.409 e. The van der Waals surface area contributed by atoms with Crippen LogP contribution in [0.1, 0.15) is 30.9 Å². The number of amidine groups is 1. The fourth-order valence-corrected chi connectivity index (χ4v) is 2.53. The molecule has 5 heteroatoms. The summed E-state index contributed by atoms with van der Waals surface area (Å²) in [6.07, 6.45) is 2.66. The Morgan fingerprint density at radius 1 is 1.45 bits per heavy atom. The van der Waals surface area contributed by atoms with Crippen LogP contribution in [0.5, 0.6) is 0 Å². The molecule has 0 saturated carbocycles. The van der Waals surface area contributed by atoms with Crippen LogP contribution in [0.2, 0.25) is 0 Å². The highest BCUT2D eigenvalue weighted by molar-refractivity contribution is 5.97. The average molecular weight is 275 g/mol. The minimum atomic E-state index is 0.0770. The zero-order chi connectivity index (χ0) is 14.5. The molecule has 108 valence electrons. The fourth-order valence-electron chi connectivity index (χ4n) is 2.53. The minimum absolute atomic E-state index is 0.0770. The third-order valence-electron chi connectivity index (χ3n) is 3.93. The normalized spacial score (nSPS) is 19.4. The Bertz CT molecular complexity index is 496. The lowest BCUT2D eigenvalue weighted by atomic mass is 10.1. The predicted octanol–water partition coefficient (Wildman–Crippen LogP) is 1.58. The smallest absolute Gasteiger partial charge is 0.226 e. The molecule has 1 aromatic carbocycles. The molecule has 1 saturated heterocycles. The number of nitrogens with two attached hydrogens (primary N) is 1. The van der Waals surface area contributed by atoms with Crippen LogP contribution in [0.3, 0.4) is 0 Å². The highest BCUT2D eigenvalue weighted by atomic mass is 16.4. The summed E-state index contributed by atoms with van der Waals surface area (Å²) in [5.74, 6) is 0.910. The van der Waals surface area contributed by atoms with Crippen LogP contribution in [0, 0.1) is 5.92 Å². The zero-order valence-corrected chi connectivity index (χ0v) is 11.7. The van der Waals surface area contributed by atoms with Gasteiger partial charge >= 0.3 is 0 Å². The molecule has 0 aromatic heterocycles. The second-order valence-corrected chi connectivity index (χ2v) is 5.26. The molecular formula is C15H21N3O2. The monoisotopic (exact) mass is 275 g/mol. The van der Waals surface area contributed by atoms with Gasteiger partial charge in [-0.05, 0) is 17.9 Å². The molecule has 1 aliphatic rings. The van der Waals surface area contributed by atoms with Crippen molar-refractivity contribution in [1.82, 2.24) is 4.90 Å². The molecule has 0 spiro atoms. The lowest BCUT2D eigenvalue weighted by Gasteiger charge is -2.16. The first-order chi connectivity index (χ1) is 9.63. The summed E-state index contributed by atoms with van der Waals surface area (Å²) < 4.78 is 0. The van der Waals surface area contributed by atoms with Crippen LogP contribution in [0.25, 0.3) is 0 Å². The molecule has 0 bridgehead atoms. The Labute approximate surface area is 119 Å². The number of carbonyl (C=O) groups is 1. The fraction of sp³-hybridized carbons (Fsp3) is 0.467. The SMILES string of the molecule is CCC1CCN(C(=O)Cc2ccc(/C(N)=N/O)cc2)C1. The van der Waals surface area contributed by atoms with E-state index in [4.69, 9.17) is 10.9 Å². The summed E-state index contributed by atoms with van der Waals surface area (Å²) in [4.78, 5) is 14.1. The van der Waals surface area contributed by atoms with Gasteiger partial charge in [0.2, 0.25) is 5.91 Å². The standard InChI is InChI=1S/C15H21N3O2/c1-2-11-7-8-18(10-11)14(19)9-12-3-5-13(6-4-12)15(16)17-20/h3-6,11,20H,2,7-10H2,1H3,(H2,16,17). The van der Waals surface area contributed by atoms with Gasteiger partial charge in [0.25, 0.3) is 0 Å². The van der Waals surface area contributed by atoms with E-state index in [2.05, 4.69) is 12.1 Å². The summed E-state index contributed by atoms with van der Waals surface area (Å²) >= 11 is 0. The summed E-state index contributed by atoms with van der Waals surface area (Å²) in [5.41, 5.74) is 7.10. The van der Waals surface area contributed by atoms with Crippen molar-refractivity contribution < 1.29 is 10.0 Å². The van der Waals surface area contributed by atoms with Crippen molar-refractivity contribution >= 4 is 11.7 Å².